The van der Waals surface area contributed by atoms with Crippen LogP contribution in [0.15, 0.2) is 0 Å². The molecule has 0 spiro atoms. The molecule has 0 aromatic carbocycles. The van der Waals surface area contributed by atoms with Crippen molar-refractivity contribution in [2.45, 2.75) is 43.2 Å². The molecule has 0 N–H and O–H groups in total. The second-order valence-corrected chi connectivity index (χ2v) is 5.50. The van der Waals surface area contributed by atoms with E-state index >= 15 is 0 Å². The summed E-state index contributed by atoms with van der Waals surface area (Å²) >= 11 is 0. The summed E-state index contributed by atoms with van der Waals surface area (Å²) in [6, 6.07) is 0. The van der Waals surface area contributed by atoms with Crippen LogP contribution in [0.5, 0.6) is 0 Å². The number of aliphatic carboxylic acids is 7. The maximum atomic E-state index is 10.5. The van der Waals surface area contributed by atoms with Gasteiger partial charge in [-0.1, -0.05) is 0 Å². The fourth-order valence-corrected chi connectivity index (χ4v) is 0. The van der Waals surface area contributed by atoms with E-state index in [1.54, 1.807) is 0 Å². The number of carbonyl (C=O) groups is 7. The van der Waals surface area contributed by atoms with Gasteiger partial charge in [-0.2, -0.15) is 92.2 Å². The molecule has 0 saturated heterocycles. The molecule has 14 nitrogen and oxygen atoms in total. The van der Waals surface area contributed by atoms with E-state index < -0.39 is 85.0 Å². The normalized spacial score (nSPS) is 10.6. The van der Waals surface area contributed by atoms with Crippen molar-refractivity contribution in [3.05, 3.63) is 0 Å². The summed E-state index contributed by atoms with van der Waals surface area (Å²) in [5.41, 5.74) is 0. The molecule has 52 heavy (non-hydrogen) atoms. The Kier molecular flexibility index (Phi) is 44.2. The molecule has 0 amide bonds. The summed E-state index contributed by atoms with van der Waals surface area (Å²) in [4.78, 5) is 61.5. The summed E-state index contributed by atoms with van der Waals surface area (Å²) in [5.74, 6) is -21.0. The SMILES string of the molecule is O=C([O-])C(F)(F)F.O=C([O-])C(F)(F)F.O=C([O-])C(F)(F)F.O=C([O-])C(F)(F)F.O=C([O-])C(F)(F)F.O=C([O-])C(F)(F)F.O=C([O-])C(F)(F)F.[Ba+2].[Cu+2].[Gd+3]. The Bertz CT molecular complexity index is 841. The molecule has 38 heteroatoms. The van der Waals surface area contributed by atoms with Gasteiger partial charge in [-0.25, -0.2) is 0 Å². The first-order chi connectivity index (χ1) is 20.6. The van der Waals surface area contributed by atoms with E-state index in [0.29, 0.717) is 0 Å². The minimum atomic E-state index is -5.19. The van der Waals surface area contributed by atoms with Gasteiger partial charge in [0, 0.05) is 0 Å². The average molecular weight is 1150 g/mol. The molecule has 0 saturated carbocycles. The van der Waals surface area contributed by atoms with Crippen molar-refractivity contribution < 1.29 is 219 Å². The van der Waals surface area contributed by atoms with Gasteiger partial charge in [-0.05, 0) is 0 Å². The average Bonchev–Trinajstić information content (AvgIpc) is 2.77. The fourth-order valence-electron chi connectivity index (χ4n) is 0. The van der Waals surface area contributed by atoms with Crippen molar-refractivity contribution in [1.29, 1.82) is 0 Å². The molecular weight excluding hydrogens is 1150 g/mol. The quantitative estimate of drug-likeness (QED) is 0.162. The van der Waals surface area contributed by atoms with Gasteiger partial charge in [-0.15, -0.1) is 0 Å². The number of carboxylic acids is 7. The zero-order valence-electron chi connectivity index (χ0n) is 22.0. The van der Waals surface area contributed by atoms with Gasteiger partial charge >= 0.3 is 149 Å². The molecule has 0 aliphatic carbocycles. The molecular formula is C14BaCuF21GdO14. The summed E-state index contributed by atoms with van der Waals surface area (Å²) in [6.07, 6.45) is -36.4. The zero-order valence-corrected chi connectivity index (χ0v) is 29.7. The van der Waals surface area contributed by atoms with Gasteiger partial charge in [0.1, 0.15) is 41.8 Å². The Morgan fingerprint density at radius 1 is 0.250 bits per heavy atom. The minimum Gasteiger partial charge on any atom is -0.542 e. The molecule has 0 fully saturated rings. The second-order valence-electron chi connectivity index (χ2n) is 5.50. The largest absolute Gasteiger partial charge is 3.00 e. The molecule has 308 valence electrons. The van der Waals surface area contributed by atoms with Crippen LogP contribution >= 0.6 is 0 Å². The molecule has 0 rings (SSSR count). The third kappa shape index (κ3) is 66.5. The van der Waals surface area contributed by atoms with Crippen molar-refractivity contribution >= 4 is 90.7 Å². The van der Waals surface area contributed by atoms with Gasteiger partial charge in [0.15, 0.2) is 0 Å². The molecule has 0 aliphatic heterocycles. The van der Waals surface area contributed by atoms with E-state index in [1.165, 1.54) is 0 Å². The van der Waals surface area contributed by atoms with Crippen LogP contribution in [0.2, 0.25) is 0 Å². The number of hydrogen-bond acceptors (Lipinski definition) is 14. The van der Waals surface area contributed by atoms with Crippen LogP contribution in [0.4, 0.5) is 92.2 Å². The summed E-state index contributed by atoms with van der Waals surface area (Å²) in [5, 5.41) is 61.5. The van der Waals surface area contributed by atoms with E-state index in [1.807, 2.05) is 0 Å². The van der Waals surface area contributed by atoms with Gasteiger partial charge in [0.25, 0.3) is 0 Å². The zero-order chi connectivity index (χ0) is 42.5. The van der Waals surface area contributed by atoms with Crippen molar-refractivity contribution in [3.63, 3.8) is 0 Å². The molecule has 0 atom stereocenters. The molecule has 0 bridgehead atoms. The third-order valence-electron chi connectivity index (χ3n) is 1.62. The van der Waals surface area contributed by atoms with E-state index in [2.05, 4.69) is 0 Å². The van der Waals surface area contributed by atoms with Gasteiger partial charge in [0.05, 0.1) is 0 Å². The van der Waals surface area contributed by atoms with E-state index in [0.717, 1.165) is 0 Å². The molecule has 0 aromatic rings. The van der Waals surface area contributed by atoms with Gasteiger partial charge in [-0.3, -0.25) is 0 Å². The Balaban J connectivity index is -0.0000000490. The monoisotopic (exact) mass is 1150 g/mol. The number of alkyl halides is 21. The summed E-state index contributed by atoms with van der Waals surface area (Å²) < 4.78 is 221. The number of hydrogen-bond donors (Lipinski definition) is 0. The van der Waals surface area contributed by atoms with Gasteiger partial charge < -0.3 is 69.3 Å². The number of carbonyl (C=O) groups excluding carboxylic acids is 7. The molecule has 0 aliphatic rings. The molecule has 0 aromatic heterocycles. The second kappa shape index (κ2) is 30.5. The fraction of sp³-hybridized carbons (Fsp3) is 0.500. The Morgan fingerprint density at radius 2 is 0.269 bits per heavy atom. The first-order valence-corrected chi connectivity index (χ1v) is 8.58. The minimum absolute atomic E-state index is 0. The Labute approximate surface area is 349 Å². The smallest absolute Gasteiger partial charge is 0.542 e. The van der Waals surface area contributed by atoms with Crippen LogP contribution in [0.3, 0.4) is 0 Å². The van der Waals surface area contributed by atoms with Crippen LogP contribution in [0.25, 0.3) is 0 Å². The number of rotatable bonds is 0. The standard InChI is InChI=1S/7C2HF3O2.Ba.Cu.Gd/c7*3-2(4,5)1(6)7;;;/h7*(H,6,7);;;/q;;;;;;;2*+2;+3/p-7. The van der Waals surface area contributed by atoms with Crippen LogP contribution in [-0.4, -0.2) is 134 Å². The predicted molar refractivity (Wildman–Crippen MR) is 83.2 cm³/mol. The first-order valence-electron chi connectivity index (χ1n) is 8.58. The van der Waals surface area contributed by atoms with E-state index in [4.69, 9.17) is 69.3 Å². The van der Waals surface area contributed by atoms with Crippen LogP contribution in [0, 0.1) is 39.9 Å². The summed E-state index contributed by atoms with van der Waals surface area (Å²) in [6.45, 7) is 0. The van der Waals surface area contributed by atoms with Gasteiger partial charge in [0.2, 0.25) is 0 Å². The maximum Gasteiger partial charge on any atom is 3.00 e. The van der Waals surface area contributed by atoms with Crippen LogP contribution in [-0.2, 0) is 50.6 Å². The van der Waals surface area contributed by atoms with Crippen molar-refractivity contribution in [2.75, 3.05) is 0 Å². The molecule has 0 unspecified atom stereocenters. The molecule has 2 radical (unpaired) electrons. The number of halogens is 21. The van der Waals surface area contributed by atoms with Crippen LogP contribution in [0.1, 0.15) is 0 Å². The van der Waals surface area contributed by atoms with E-state index in [-0.39, 0.29) is 106 Å². The summed E-state index contributed by atoms with van der Waals surface area (Å²) in [7, 11) is 0. The van der Waals surface area contributed by atoms with Crippen molar-refractivity contribution in [2.24, 2.45) is 0 Å². The third-order valence-corrected chi connectivity index (χ3v) is 1.62. The Morgan fingerprint density at radius 3 is 0.269 bits per heavy atom. The number of carboxylic acid groups (broad SMARTS) is 7. The topological polar surface area (TPSA) is 281 Å². The van der Waals surface area contributed by atoms with Crippen molar-refractivity contribution in [1.82, 2.24) is 0 Å². The first kappa shape index (κ1) is 75.2. The molecule has 0 heterocycles. The van der Waals surface area contributed by atoms with E-state index in [9.17, 15) is 92.2 Å². The van der Waals surface area contributed by atoms with Crippen LogP contribution < -0.4 is 35.7 Å². The predicted octanol–water partition coefficient (Wildman–Crippen LogP) is -5.29. The Hall–Kier alpha value is -1.76. The maximum absolute atomic E-state index is 10.5. The van der Waals surface area contributed by atoms with Crippen molar-refractivity contribution in [3.8, 4) is 0 Å².